The van der Waals surface area contributed by atoms with Crippen molar-refractivity contribution in [2.45, 2.75) is 109 Å². The van der Waals surface area contributed by atoms with Crippen molar-refractivity contribution in [3.63, 3.8) is 0 Å². The number of aryl methyl sites for hydroxylation is 3. The van der Waals surface area contributed by atoms with Crippen LogP contribution in [0.4, 0.5) is 0 Å². The molecule has 0 bridgehead atoms. The molecule has 37 heavy (non-hydrogen) atoms. The maximum atomic E-state index is 5.87. The minimum Gasteiger partial charge on any atom is -0.381 e. The molecule has 0 aliphatic carbocycles. The zero-order valence-corrected chi connectivity index (χ0v) is 23.5. The van der Waals surface area contributed by atoms with E-state index in [1.165, 1.54) is 81.8 Å². The van der Waals surface area contributed by atoms with E-state index in [1.807, 2.05) is 18.5 Å². The second-order valence-electron chi connectivity index (χ2n) is 10.3. The van der Waals surface area contributed by atoms with Gasteiger partial charge >= 0.3 is 0 Å². The van der Waals surface area contributed by atoms with Crippen molar-refractivity contribution in [3.8, 4) is 0 Å². The Bertz CT molecular complexity index is 757. The quantitative estimate of drug-likeness (QED) is 0.120. The molecule has 2 rings (SSSR count). The monoisotopic (exact) mass is 512 g/mol. The molecule has 0 spiro atoms. The smallest absolute Gasteiger partial charge is 0.171 e. The maximum absolute atomic E-state index is 5.87. The first kappa shape index (κ1) is 31.4. The Morgan fingerprint density at radius 2 is 1.19 bits per heavy atom. The van der Waals surface area contributed by atoms with Gasteiger partial charge in [-0.15, -0.1) is 0 Å². The highest BCUT2D eigenvalue weighted by atomic mass is 16.5. The number of pyridine rings is 2. The Labute approximate surface area is 227 Å². The number of nitrogens with two attached hydrogens (primary N) is 1. The summed E-state index contributed by atoms with van der Waals surface area (Å²) >= 11 is 0. The number of hydrogen-bond donors (Lipinski definition) is 1. The van der Waals surface area contributed by atoms with Crippen LogP contribution < -0.4 is 10.3 Å². The molecule has 5 nitrogen and oxygen atoms in total. The summed E-state index contributed by atoms with van der Waals surface area (Å²) in [5, 5.41) is 0. The van der Waals surface area contributed by atoms with Gasteiger partial charge in [0.1, 0.15) is 6.54 Å². The van der Waals surface area contributed by atoms with E-state index in [4.69, 9.17) is 15.2 Å². The van der Waals surface area contributed by atoms with Crippen molar-refractivity contribution < 1.29 is 14.0 Å². The third kappa shape index (κ3) is 18.1. The van der Waals surface area contributed by atoms with Gasteiger partial charge < -0.3 is 15.2 Å². The third-order valence-electron chi connectivity index (χ3n) is 6.85. The van der Waals surface area contributed by atoms with Crippen LogP contribution in [0, 0.1) is 0 Å². The molecule has 0 atom stereocenters. The molecule has 0 saturated carbocycles. The van der Waals surface area contributed by atoms with Gasteiger partial charge in [0.15, 0.2) is 12.4 Å². The predicted molar refractivity (Wildman–Crippen MR) is 154 cm³/mol. The highest BCUT2D eigenvalue weighted by Gasteiger charge is 2.03. The number of ether oxygens (including phenoxy) is 2. The van der Waals surface area contributed by atoms with Crippen LogP contribution in [0.15, 0.2) is 49.1 Å². The molecule has 2 aromatic heterocycles. The number of nitrogens with zero attached hydrogens (tertiary/aromatic N) is 2. The van der Waals surface area contributed by atoms with Gasteiger partial charge in [-0.05, 0) is 75.6 Å². The SMILES string of the molecule is NCCCCCCCCCCOCCCc1ccc[n+](CCCCCCOCCCc2cccnc2)c1. The Morgan fingerprint density at radius 3 is 1.84 bits per heavy atom. The molecular weight excluding hydrogens is 458 g/mol. The molecular formula is C32H54N3O2+. The van der Waals surface area contributed by atoms with Gasteiger partial charge in [0.05, 0.1) is 0 Å². The summed E-state index contributed by atoms with van der Waals surface area (Å²) in [5.74, 6) is 0. The van der Waals surface area contributed by atoms with Crippen LogP contribution in [0.25, 0.3) is 0 Å². The zero-order valence-electron chi connectivity index (χ0n) is 23.5. The fourth-order valence-corrected chi connectivity index (χ4v) is 4.63. The number of hydrogen-bond acceptors (Lipinski definition) is 4. The van der Waals surface area contributed by atoms with Gasteiger partial charge in [0.2, 0.25) is 0 Å². The van der Waals surface area contributed by atoms with Crippen molar-refractivity contribution >= 4 is 0 Å². The van der Waals surface area contributed by atoms with Gasteiger partial charge in [-0.1, -0.05) is 51.0 Å². The molecule has 2 aromatic rings. The van der Waals surface area contributed by atoms with Crippen LogP contribution in [0.5, 0.6) is 0 Å². The lowest BCUT2D eigenvalue weighted by Gasteiger charge is -2.05. The average Bonchev–Trinajstić information content (AvgIpc) is 2.93. The standard InChI is InChI=1S/C32H54N3O2/c33-21-9-5-3-1-2-4-7-11-25-37-28-16-20-32-18-14-24-35(30-32)23-10-6-8-12-26-36-27-15-19-31-17-13-22-34-29-31/h13-14,17-18,22,24,29-30H,1-12,15-16,19-21,23,25-28,33H2/q+1. The maximum Gasteiger partial charge on any atom is 0.171 e. The van der Waals surface area contributed by atoms with Crippen molar-refractivity contribution in [3.05, 3.63) is 60.2 Å². The molecule has 5 heteroatoms. The van der Waals surface area contributed by atoms with Gasteiger partial charge in [0.25, 0.3) is 0 Å². The van der Waals surface area contributed by atoms with E-state index in [0.717, 1.165) is 71.6 Å². The van der Waals surface area contributed by atoms with E-state index < -0.39 is 0 Å². The first-order chi connectivity index (χ1) is 18.4. The second-order valence-corrected chi connectivity index (χ2v) is 10.3. The first-order valence-electron chi connectivity index (χ1n) is 15.1. The van der Waals surface area contributed by atoms with E-state index in [0.29, 0.717) is 0 Å². The average molecular weight is 513 g/mol. The lowest BCUT2D eigenvalue weighted by molar-refractivity contribution is -0.697. The lowest BCUT2D eigenvalue weighted by Crippen LogP contribution is -2.33. The molecule has 2 N–H and O–H groups in total. The summed E-state index contributed by atoms with van der Waals surface area (Å²) in [4.78, 5) is 4.16. The minimum atomic E-state index is 0.841. The molecule has 0 amide bonds. The van der Waals surface area contributed by atoms with E-state index in [1.54, 1.807) is 0 Å². The van der Waals surface area contributed by atoms with Crippen molar-refractivity contribution in [2.75, 3.05) is 33.0 Å². The Kier molecular flexibility index (Phi) is 19.8. The highest BCUT2D eigenvalue weighted by molar-refractivity contribution is 5.08. The summed E-state index contributed by atoms with van der Waals surface area (Å²) in [5.41, 5.74) is 8.25. The third-order valence-corrected chi connectivity index (χ3v) is 6.85. The Hall–Kier alpha value is -1.82. The van der Waals surface area contributed by atoms with Crippen LogP contribution in [0.1, 0.15) is 101 Å². The molecule has 0 saturated heterocycles. The Balaban J connectivity index is 1.36. The first-order valence-corrected chi connectivity index (χ1v) is 15.1. The summed E-state index contributed by atoms with van der Waals surface area (Å²) in [6.07, 6.45) is 27.9. The topological polar surface area (TPSA) is 61.2 Å². The molecule has 0 aliphatic rings. The molecule has 0 aromatic carbocycles. The van der Waals surface area contributed by atoms with Crippen molar-refractivity contribution in [1.82, 2.24) is 4.98 Å². The molecule has 0 fully saturated rings. The number of rotatable bonds is 25. The van der Waals surface area contributed by atoms with Crippen LogP contribution >= 0.6 is 0 Å². The minimum absolute atomic E-state index is 0.841. The van der Waals surface area contributed by atoms with Crippen LogP contribution in [0.3, 0.4) is 0 Å². The fourth-order valence-electron chi connectivity index (χ4n) is 4.63. The van der Waals surface area contributed by atoms with Gasteiger partial charge in [-0.2, -0.15) is 0 Å². The summed E-state index contributed by atoms with van der Waals surface area (Å²) < 4.78 is 14.0. The highest BCUT2D eigenvalue weighted by Crippen LogP contribution is 2.09. The largest absolute Gasteiger partial charge is 0.381 e. The van der Waals surface area contributed by atoms with E-state index in [-0.39, 0.29) is 0 Å². The second kappa shape index (κ2) is 23.3. The summed E-state index contributed by atoms with van der Waals surface area (Å²) in [6.45, 7) is 5.46. The van der Waals surface area contributed by atoms with Gasteiger partial charge in [-0.25, -0.2) is 4.57 Å². The van der Waals surface area contributed by atoms with E-state index >= 15 is 0 Å². The zero-order chi connectivity index (χ0) is 26.1. The summed E-state index contributed by atoms with van der Waals surface area (Å²) in [7, 11) is 0. The summed E-state index contributed by atoms with van der Waals surface area (Å²) in [6, 6.07) is 8.56. The fraction of sp³-hybridized carbons (Fsp3) is 0.688. The van der Waals surface area contributed by atoms with Crippen LogP contribution in [-0.2, 0) is 28.9 Å². The molecule has 0 aliphatic heterocycles. The normalized spacial score (nSPS) is 11.3. The van der Waals surface area contributed by atoms with Crippen molar-refractivity contribution in [1.29, 1.82) is 0 Å². The lowest BCUT2D eigenvalue weighted by atomic mass is 10.1. The number of unbranched alkanes of at least 4 members (excludes halogenated alkanes) is 10. The molecule has 0 radical (unpaired) electrons. The number of aromatic nitrogens is 2. The van der Waals surface area contributed by atoms with E-state index in [2.05, 4.69) is 40.1 Å². The van der Waals surface area contributed by atoms with E-state index in [9.17, 15) is 0 Å². The molecule has 208 valence electrons. The predicted octanol–water partition coefficient (Wildman–Crippen LogP) is 6.61. The van der Waals surface area contributed by atoms with Crippen molar-refractivity contribution in [2.24, 2.45) is 5.73 Å². The van der Waals surface area contributed by atoms with Crippen LogP contribution in [-0.4, -0.2) is 38.0 Å². The van der Waals surface area contributed by atoms with Gasteiger partial charge in [-0.3, -0.25) is 4.98 Å². The Morgan fingerprint density at radius 1 is 0.622 bits per heavy atom. The molecule has 0 unspecified atom stereocenters. The van der Waals surface area contributed by atoms with Gasteiger partial charge in [0, 0.05) is 56.9 Å². The van der Waals surface area contributed by atoms with Crippen LogP contribution in [0.2, 0.25) is 0 Å². The molecule has 2 heterocycles.